The van der Waals surface area contributed by atoms with Crippen molar-refractivity contribution in [3.05, 3.63) is 22.9 Å². The van der Waals surface area contributed by atoms with Crippen LogP contribution in [-0.2, 0) is 0 Å². The second kappa shape index (κ2) is 6.36. The summed E-state index contributed by atoms with van der Waals surface area (Å²) in [6.45, 7) is 5.69. The number of aromatic nitrogens is 1. The standard InChI is InChI=1S/C13H20BrN3/c1-11-4-2-3-6-17(11)7-5-16-13-8-12(14)9-15-10-13/h8-11,16H,2-7H2,1H3. The summed E-state index contributed by atoms with van der Waals surface area (Å²) in [5.74, 6) is 0. The Morgan fingerprint density at radius 2 is 2.35 bits per heavy atom. The lowest BCUT2D eigenvalue weighted by Crippen LogP contribution is -2.40. The van der Waals surface area contributed by atoms with Crippen LogP contribution >= 0.6 is 15.9 Å². The van der Waals surface area contributed by atoms with E-state index in [0.29, 0.717) is 0 Å². The van der Waals surface area contributed by atoms with E-state index in [1.54, 1.807) is 6.20 Å². The Labute approximate surface area is 112 Å². The number of halogens is 1. The number of likely N-dealkylation sites (tertiary alicyclic amines) is 1. The number of nitrogens with zero attached hydrogens (tertiary/aromatic N) is 2. The first-order chi connectivity index (χ1) is 8.25. The first-order valence-corrected chi connectivity index (χ1v) is 7.13. The maximum Gasteiger partial charge on any atom is 0.0538 e. The highest BCUT2D eigenvalue weighted by molar-refractivity contribution is 9.10. The van der Waals surface area contributed by atoms with Crippen LogP contribution in [-0.4, -0.2) is 35.6 Å². The van der Waals surface area contributed by atoms with Crippen LogP contribution in [0.1, 0.15) is 26.2 Å². The molecule has 1 fully saturated rings. The van der Waals surface area contributed by atoms with Gasteiger partial charge in [0.1, 0.15) is 0 Å². The van der Waals surface area contributed by atoms with Crippen molar-refractivity contribution in [2.24, 2.45) is 0 Å². The van der Waals surface area contributed by atoms with Crippen molar-refractivity contribution >= 4 is 21.6 Å². The summed E-state index contributed by atoms with van der Waals surface area (Å²) < 4.78 is 1.02. The molecule has 17 heavy (non-hydrogen) atoms. The van der Waals surface area contributed by atoms with E-state index in [1.807, 2.05) is 6.20 Å². The van der Waals surface area contributed by atoms with E-state index in [9.17, 15) is 0 Å². The van der Waals surface area contributed by atoms with E-state index < -0.39 is 0 Å². The van der Waals surface area contributed by atoms with Gasteiger partial charge in [0.05, 0.1) is 11.9 Å². The van der Waals surface area contributed by atoms with E-state index in [4.69, 9.17) is 0 Å². The molecule has 0 radical (unpaired) electrons. The second-order valence-electron chi connectivity index (χ2n) is 4.70. The second-order valence-corrected chi connectivity index (χ2v) is 5.62. The monoisotopic (exact) mass is 297 g/mol. The SMILES string of the molecule is CC1CCCCN1CCNc1cncc(Br)c1. The van der Waals surface area contributed by atoms with Crippen LogP contribution in [0, 0.1) is 0 Å². The predicted molar refractivity (Wildman–Crippen MR) is 75.3 cm³/mol. The molecule has 1 aliphatic rings. The fraction of sp³-hybridized carbons (Fsp3) is 0.615. The van der Waals surface area contributed by atoms with Gasteiger partial charge in [0.25, 0.3) is 0 Å². The Kier molecular flexibility index (Phi) is 4.80. The molecule has 2 heterocycles. The predicted octanol–water partition coefficient (Wildman–Crippen LogP) is 3.13. The number of pyridine rings is 1. The van der Waals surface area contributed by atoms with Crippen molar-refractivity contribution in [3.63, 3.8) is 0 Å². The summed E-state index contributed by atoms with van der Waals surface area (Å²) in [4.78, 5) is 6.71. The zero-order valence-corrected chi connectivity index (χ0v) is 11.9. The topological polar surface area (TPSA) is 28.2 Å². The van der Waals surface area contributed by atoms with E-state index in [0.717, 1.165) is 29.3 Å². The Balaban J connectivity index is 1.75. The highest BCUT2D eigenvalue weighted by atomic mass is 79.9. The zero-order valence-electron chi connectivity index (χ0n) is 10.3. The minimum absolute atomic E-state index is 0.742. The fourth-order valence-electron chi connectivity index (χ4n) is 2.34. The number of anilines is 1. The summed E-state index contributed by atoms with van der Waals surface area (Å²) in [5, 5.41) is 3.42. The molecule has 0 amide bonds. The van der Waals surface area contributed by atoms with Crippen LogP contribution < -0.4 is 5.32 Å². The summed E-state index contributed by atoms with van der Waals surface area (Å²) >= 11 is 3.43. The molecule has 1 aromatic rings. The first kappa shape index (κ1) is 12.8. The summed E-state index contributed by atoms with van der Waals surface area (Å²) in [6.07, 6.45) is 7.75. The molecule has 0 aliphatic carbocycles. The lowest BCUT2D eigenvalue weighted by atomic mass is 10.0. The minimum Gasteiger partial charge on any atom is -0.382 e. The molecule has 4 heteroatoms. The van der Waals surface area contributed by atoms with Crippen molar-refractivity contribution in [2.75, 3.05) is 25.0 Å². The summed E-state index contributed by atoms with van der Waals surface area (Å²) in [7, 11) is 0. The van der Waals surface area contributed by atoms with Crippen LogP contribution in [0.15, 0.2) is 22.9 Å². The van der Waals surface area contributed by atoms with Crippen LogP contribution in [0.2, 0.25) is 0 Å². The molecular formula is C13H20BrN3. The minimum atomic E-state index is 0.742. The van der Waals surface area contributed by atoms with Gasteiger partial charge < -0.3 is 5.32 Å². The Hall–Kier alpha value is -0.610. The third-order valence-electron chi connectivity index (χ3n) is 3.37. The van der Waals surface area contributed by atoms with Crippen LogP contribution in [0.5, 0.6) is 0 Å². The molecule has 3 nitrogen and oxygen atoms in total. The Bertz CT molecular complexity index is 356. The summed E-state index contributed by atoms with van der Waals surface area (Å²) in [6, 6.07) is 2.80. The molecule has 0 aromatic carbocycles. The van der Waals surface area contributed by atoms with Crippen LogP contribution in [0.3, 0.4) is 0 Å². The smallest absolute Gasteiger partial charge is 0.0538 e. The lowest BCUT2D eigenvalue weighted by molar-refractivity contribution is 0.167. The lowest BCUT2D eigenvalue weighted by Gasteiger charge is -2.33. The molecule has 0 spiro atoms. The molecule has 1 atom stereocenters. The van der Waals surface area contributed by atoms with Gasteiger partial charge in [-0.15, -0.1) is 0 Å². The van der Waals surface area contributed by atoms with Gasteiger partial charge in [0.15, 0.2) is 0 Å². The van der Waals surface area contributed by atoms with Crippen LogP contribution in [0.4, 0.5) is 5.69 Å². The number of rotatable bonds is 4. The van der Waals surface area contributed by atoms with Gasteiger partial charge in [0, 0.05) is 29.8 Å². The van der Waals surface area contributed by atoms with Gasteiger partial charge >= 0.3 is 0 Å². The van der Waals surface area contributed by atoms with Gasteiger partial charge in [-0.3, -0.25) is 9.88 Å². The largest absolute Gasteiger partial charge is 0.382 e. The highest BCUT2D eigenvalue weighted by Gasteiger charge is 2.16. The first-order valence-electron chi connectivity index (χ1n) is 6.34. The maximum absolute atomic E-state index is 4.14. The molecule has 1 aromatic heterocycles. The molecule has 0 saturated carbocycles. The quantitative estimate of drug-likeness (QED) is 0.925. The summed E-state index contributed by atoms with van der Waals surface area (Å²) in [5.41, 5.74) is 1.09. The van der Waals surface area contributed by atoms with Crippen molar-refractivity contribution in [2.45, 2.75) is 32.2 Å². The van der Waals surface area contributed by atoms with Gasteiger partial charge in [-0.1, -0.05) is 6.42 Å². The molecule has 1 saturated heterocycles. The maximum atomic E-state index is 4.14. The van der Waals surface area contributed by atoms with E-state index in [2.05, 4.69) is 44.1 Å². The highest BCUT2D eigenvalue weighted by Crippen LogP contribution is 2.16. The van der Waals surface area contributed by atoms with Crippen molar-refractivity contribution in [1.82, 2.24) is 9.88 Å². The van der Waals surface area contributed by atoms with Gasteiger partial charge in [0.2, 0.25) is 0 Å². The Morgan fingerprint density at radius 1 is 1.47 bits per heavy atom. The molecule has 1 N–H and O–H groups in total. The third kappa shape index (κ3) is 3.96. The molecular weight excluding hydrogens is 278 g/mol. The number of hydrogen-bond acceptors (Lipinski definition) is 3. The zero-order chi connectivity index (χ0) is 12.1. The van der Waals surface area contributed by atoms with E-state index in [1.165, 1.54) is 25.8 Å². The van der Waals surface area contributed by atoms with Gasteiger partial charge in [-0.25, -0.2) is 0 Å². The number of nitrogens with one attached hydrogen (secondary N) is 1. The van der Waals surface area contributed by atoms with Crippen molar-refractivity contribution in [1.29, 1.82) is 0 Å². The van der Waals surface area contributed by atoms with Crippen molar-refractivity contribution < 1.29 is 0 Å². The molecule has 94 valence electrons. The van der Waals surface area contributed by atoms with Crippen molar-refractivity contribution in [3.8, 4) is 0 Å². The molecule has 2 rings (SSSR count). The number of piperidine rings is 1. The van der Waals surface area contributed by atoms with E-state index >= 15 is 0 Å². The third-order valence-corrected chi connectivity index (χ3v) is 3.81. The average molecular weight is 298 g/mol. The normalized spacial score (nSPS) is 21.4. The van der Waals surface area contributed by atoms with Gasteiger partial charge in [-0.05, 0) is 48.3 Å². The van der Waals surface area contributed by atoms with E-state index in [-0.39, 0.29) is 0 Å². The fourth-order valence-corrected chi connectivity index (χ4v) is 2.71. The Morgan fingerprint density at radius 3 is 3.12 bits per heavy atom. The number of hydrogen-bond donors (Lipinski definition) is 1. The van der Waals surface area contributed by atoms with Crippen LogP contribution in [0.25, 0.3) is 0 Å². The average Bonchev–Trinajstić information content (AvgIpc) is 2.32. The molecule has 1 aliphatic heterocycles. The molecule has 1 unspecified atom stereocenters. The molecule has 0 bridgehead atoms. The van der Waals surface area contributed by atoms with Gasteiger partial charge in [-0.2, -0.15) is 0 Å².